The number of rotatable bonds is 13. The number of ether oxygens (including phenoxy) is 2. The summed E-state index contributed by atoms with van der Waals surface area (Å²) < 4.78 is 9.99. The van der Waals surface area contributed by atoms with Gasteiger partial charge in [-0.3, -0.25) is 4.79 Å². The molecule has 0 aliphatic carbocycles. The summed E-state index contributed by atoms with van der Waals surface area (Å²) in [6.45, 7) is 1.80. The molecule has 0 aromatic heterocycles. The van der Waals surface area contributed by atoms with E-state index < -0.39 is 17.9 Å². The number of hydrogen-bond donors (Lipinski definition) is 2. The van der Waals surface area contributed by atoms with Crippen molar-refractivity contribution in [3.05, 3.63) is 11.8 Å². The Bertz CT molecular complexity index is 457. The zero-order chi connectivity index (χ0) is 18.4. The molecule has 1 atom stereocenters. The van der Waals surface area contributed by atoms with Gasteiger partial charge in [0, 0.05) is 33.5 Å². The number of nitriles is 1. The van der Waals surface area contributed by atoms with E-state index in [9.17, 15) is 14.9 Å². The standard InChI is InChI=1S/C15H25N3O5S/c1-22-7-5-18(6-8-23-2)11-12(10-16)14(19)17-13(15(20)21)4-9-24-3/h11,13H,4-9H2,1-3H3,(H,17,19)(H,20,21)/b12-11-. The minimum absolute atomic E-state index is 0.155. The van der Waals surface area contributed by atoms with Gasteiger partial charge >= 0.3 is 5.97 Å². The second kappa shape index (κ2) is 13.7. The van der Waals surface area contributed by atoms with E-state index in [1.54, 1.807) is 19.1 Å². The van der Waals surface area contributed by atoms with E-state index in [1.807, 2.05) is 12.3 Å². The summed E-state index contributed by atoms with van der Waals surface area (Å²) in [7, 11) is 3.11. The van der Waals surface area contributed by atoms with Crippen LogP contribution in [0.15, 0.2) is 11.8 Å². The third kappa shape index (κ3) is 9.39. The number of nitrogens with one attached hydrogen (secondary N) is 1. The van der Waals surface area contributed by atoms with E-state index in [4.69, 9.17) is 14.6 Å². The topological polar surface area (TPSA) is 112 Å². The Morgan fingerprint density at radius 1 is 1.33 bits per heavy atom. The maximum absolute atomic E-state index is 12.2. The van der Waals surface area contributed by atoms with Crippen LogP contribution in [0.1, 0.15) is 6.42 Å². The van der Waals surface area contributed by atoms with E-state index in [0.29, 0.717) is 32.1 Å². The molecule has 0 rings (SSSR count). The predicted octanol–water partition coefficient (Wildman–Crippen LogP) is 0.311. The minimum atomic E-state index is -1.12. The quantitative estimate of drug-likeness (QED) is 0.357. The molecule has 0 aromatic rings. The predicted molar refractivity (Wildman–Crippen MR) is 91.6 cm³/mol. The molecule has 136 valence electrons. The van der Waals surface area contributed by atoms with Gasteiger partial charge in [0.2, 0.25) is 0 Å². The second-order valence-corrected chi connectivity index (χ2v) is 5.81. The lowest BCUT2D eigenvalue weighted by Crippen LogP contribution is -2.42. The van der Waals surface area contributed by atoms with Gasteiger partial charge in [-0.15, -0.1) is 0 Å². The van der Waals surface area contributed by atoms with Crippen LogP contribution in [0.5, 0.6) is 0 Å². The van der Waals surface area contributed by atoms with Crippen LogP contribution in [0.25, 0.3) is 0 Å². The lowest BCUT2D eigenvalue weighted by atomic mass is 10.2. The number of nitrogens with zero attached hydrogens (tertiary/aromatic N) is 2. The summed E-state index contributed by atoms with van der Waals surface area (Å²) in [4.78, 5) is 25.1. The van der Waals surface area contributed by atoms with Crippen molar-refractivity contribution in [2.24, 2.45) is 0 Å². The van der Waals surface area contributed by atoms with Crippen molar-refractivity contribution in [1.29, 1.82) is 5.26 Å². The van der Waals surface area contributed by atoms with Crippen molar-refractivity contribution in [2.45, 2.75) is 12.5 Å². The van der Waals surface area contributed by atoms with Crippen LogP contribution in [0.4, 0.5) is 0 Å². The first-order chi connectivity index (χ1) is 11.5. The maximum Gasteiger partial charge on any atom is 0.326 e. The number of aliphatic carboxylic acids is 1. The maximum atomic E-state index is 12.2. The number of methoxy groups -OCH3 is 2. The lowest BCUT2D eigenvalue weighted by molar-refractivity contribution is -0.141. The van der Waals surface area contributed by atoms with Gasteiger partial charge in [-0.05, 0) is 18.4 Å². The van der Waals surface area contributed by atoms with Gasteiger partial charge in [-0.2, -0.15) is 17.0 Å². The van der Waals surface area contributed by atoms with E-state index >= 15 is 0 Å². The molecule has 0 spiro atoms. The zero-order valence-electron chi connectivity index (χ0n) is 14.3. The summed E-state index contributed by atoms with van der Waals surface area (Å²) in [5.74, 6) is -1.23. The summed E-state index contributed by atoms with van der Waals surface area (Å²) in [6, 6.07) is 0.793. The van der Waals surface area contributed by atoms with Gasteiger partial charge in [-0.25, -0.2) is 4.79 Å². The average molecular weight is 359 g/mol. The first-order valence-corrected chi connectivity index (χ1v) is 8.76. The molecule has 8 nitrogen and oxygen atoms in total. The van der Waals surface area contributed by atoms with E-state index in [-0.39, 0.29) is 12.0 Å². The Balaban J connectivity index is 4.99. The van der Waals surface area contributed by atoms with Crippen LogP contribution in [0.2, 0.25) is 0 Å². The van der Waals surface area contributed by atoms with Gasteiger partial charge in [0.25, 0.3) is 5.91 Å². The molecule has 1 unspecified atom stereocenters. The normalized spacial score (nSPS) is 12.3. The fourth-order valence-electron chi connectivity index (χ4n) is 1.71. The second-order valence-electron chi connectivity index (χ2n) is 4.82. The van der Waals surface area contributed by atoms with Crippen molar-refractivity contribution in [3.8, 4) is 6.07 Å². The highest BCUT2D eigenvalue weighted by Gasteiger charge is 2.21. The summed E-state index contributed by atoms with van der Waals surface area (Å²) >= 11 is 1.49. The summed E-state index contributed by atoms with van der Waals surface area (Å²) in [6.07, 6.45) is 3.55. The van der Waals surface area contributed by atoms with Crippen LogP contribution < -0.4 is 5.32 Å². The van der Waals surface area contributed by atoms with Crippen LogP contribution >= 0.6 is 11.8 Å². The number of carbonyl (C=O) groups excluding carboxylic acids is 1. The molecule has 0 aliphatic rings. The van der Waals surface area contributed by atoms with E-state index in [0.717, 1.165) is 0 Å². The van der Waals surface area contributed by atoms with Crippen molar-refractivity contribution in [3.63, 3.8) is 0 Å². The number of amides is 1. The molecule has 0 saturated heterocycles. The molecule has 0 saturated carbocycles. The number of carboxylic acid groups (broad SMARTS) is 1. The Hall–Kier alpha value is -1.76. The highest BCUT2D eigenvalue weighted by atomic mass is 32.2. The molecular weight excluding hydrogens is 334 g/mol. The molecule has 0 bridgehead atoms. The molecule has 1 amide bonds. The molecule has 2 N–H and O–H groups in total. The molecule has 0 aromatic carbocycles. The Labute approximate surface area is 146 Å². The molecular formula is C15H25N3O5S. The van der Waals surface area contributed by atoms with E-state index in [2.05, 4.69) is 5.32 Å². The minimum Gasteiger partial charge on any atom is -0.480 e. The largest absolute Gasteiger partial charge is 0.480 e. The average Bonchev–Trinajstić information content (AvgIpc) is 2.57. The molecule has 0 radical (unpaired) electrons. The summed E-state index contributed by atoms with van der Waals surface area (Å²) in [5, 5.41) is 20.7. The number of carbonyl (C=O) groups is 2. The molecule has 0 aliphatic heterocycles. The number of hydrogen-bond acceptors (Lipinski definition) is 7. The lowest BCUT2D eigenvalue weighted by Gasteiger charge is -2.20. The van der Waals surface area contributed by atoms with Gasteiger partial charge in [-0.1, -0.05) is 0 Å². The summed E-state index contributed by atoms with van der Waals surface area (Å²) in [5.41, 5.74) is -0.155. The SMILES string of the molecule is COCCN(/C=C(/C#N)C(=O)NC(CCSC)C(=O)O)CCOC. The van der Waals surface area contributed by atoms with Crippen molar-refractivity contribution in [1.82, 2.24) is 10.2 Å². The molecule has 0 heterocycles. The fraction of sp³-hybridized carbons (Fsp3) is 0.667. The Morgan fingerprint density at radius 2 is 1.92 bits per heavy atom. The Morgan fingerprint density at radius 3 is 2.33 bits per heavy atom. The smallest absolute Gasteiger partial charge is 0.326 e. The van der Waals surface area contributed by atoms with E-state index in [1.165, 1.54) is 18.0 Å². The van der Waals surface area contributed by atoms with Crippen molar-refractivity contribution >= 4 is 23.6 Å². The molecule has 0 fully saturated rings. The van der Waals surface area contributed by atoms with Crippen LogP contribution in [0, 0.1) is 11.3 Å². The zero-order valence-corrected chi connectivity index (χ0v) is 15.1. The first-order valence-electron chi connectivity index (χ1n) is 7.36. The number of carboxylic acids is 1. The third-order valence-electron chi connectivity index (χ3n) is 3.06. The number of thioether (sulfide) groups is 1. The third-order valence-corrected chi connectivity index (χ3v) is 3.70. The van der Waals surface area contributed by atoms with Gasteiger partial charge in [0.1, 0.15) is 17.7 Å². The molecule has 9 heteroatoms. The first kappa shape index (κ1) is 22.2. The van der Waals surface area contributed by atoms with Gasteiger partial charge < -0.3 is 24.8 Å². The van der Waals surface area contributed by atoms with Gasteiger partial charge in [0.05, 0.1) is 13.2 Å². The van der Waals surface area contributed by atoms with Crippen LogP contribution in [-0.4, -0.2) is 80.5 Å². The van der Waals surface area contributed by atoms with Crippen molar-refractivity contribution in [2.75, 3.05) is 52.5 Å². The van der Waals surface area contributed by atoms with Crippen molar-refractivity contribution < 1.29 is 24.2 Å². The van der Waals surface area contributed by atoms with Crippen LogP contribution in [-0.2, 0) is 19.1 Å². The highest BCUT2D eigenvalue weighted by molar-refractivity contribution is 7.98. The monoisotopic (exact) mass is 359 g/mol. The fourth-order valence-corrected chi connectivity index (χ4v) is 2.18. The molecule has 24 heavy (non-hydrogen) atoms. The van der Waals surface area contributed by atoms with Gasteiger partial charge in [0.15, 0.2) is 0 Å². The highest BCUT2D eigenvalue weighted by Crippen LogP contribution is 2.04. The van der Waals surface area contributed by atoms with Crippen LogP contribution in [0.3, 0.4) is 0 Å². The Kier molecular flexibility index (Phi) is 12.7.